The highest BCUT2D eigenvalue weighted by molar-refractivity contribution is 5.00. The van der Waals surface area contributed by atoms with Gasteiger partial charge in [-0.2, -0.15) is 0 Å². The van der Waals surface area contributed by atoms with Crippen molar-refractivity contribution >= 4 is 0 Å². The van der Waals surface area contributed by atoms with Crippen molar-refractivity contribution in [3.8, 4) is 0 Å². The minimum Gasteiger partial charge on any atom is -0.385 e. The maximum atomic E-state index is 4.94. The summed E-state index contributed by atoms with van der Waals surface area (Å²) in [6.07, 6.45) is 1.00. The first-order chi connectivity index (χ1) is 4.72. The van der Waals surface area contributed by atoms with E-state index in [4.69, 9.17) is 4.74 Å². The summed E-state index contributed by atoms with van der Waals surface area (Å²) in [5.74, 6) is 0. The number of nitrogens with one attached hydrogen (secondary N) is 1. The van der Waals surface area contributed by atoms with E-state index < -0.39 is 0 Å². The Balaban J connectivity index is 3.50. The lowest BCUT2D eigenvalue weighted by Gasteiger charge is -2.14. The Bertz CT molecular complexity index is 101. The smallest absolute Gasteiger partial charge is 0.0480 e. The van der Waals surface area contributed by atoms with E-state index in [9.17, 15) is 0 Å². The largest absolute Gasteiger partial charge is 0.385 e. The second-order valence-corrected chi connectivity index (χ2v) is 2.47. The lowest BCUT2D eigenvalue weighted by Crippen LogP contribution is -2.27. The minimum absolute atomic E-state index is 0.403. The second kappa shape index (κ2) is 5.45. The molecular weight excluding hydrogens is 126 g/mol. The summed E-state index contributed by atoms with van der Waals surface area (Å²) >= 11 is 0. The molecule has 0 saturated heterocycles. The van der Waals surface area contributed by atoms with E-state index in [0.29, 0.717) is 6.04 Å². The van der Waals surface area contributed by atoms with Crippen LogP contribution in [0.1, 0.15) is 13.3 Å². The van der Waals surface area contributed by atoms with Gasteiger partial charge in [-0.05, 0) is 20.4 Å². The van der Waals surface area contributed by atoms with E-state index >= 15 is 0 Å². The van der Waals surface area contributed by atoms with Crippen molar-refractivity contribution in [3.05, 3.63) is 12.2 Å². The molecule has 0 rings (SSSR count). The maximum Gasteiger partial charge on any atom is 0.0480 e. The zero-order valence-corrected chi connectivity index (χ0v) is 7.11. The van der Waals surface area contributed by atoms with Crippen LogP contribution in [-0.2, 0) is 4.74 Å². The van der Waals surface area contributed by atoms with E-state index in [1.807, 2.05) is 14.0 Å². The normalized spacial score (nSPS) is 13.1. The van der Waals surface area contributed by atoms with Crippen LogP contribution < -0.4 is 5.32 Å². The predicted molar refractivity (Wildman–Crippen MR) is 44.2 cm³/mol. The van der Waals surface area contributed by atoms with Crippen LogP contribution >= 0.6 is 0 Å². The molecule has 0 fully saturated rings. The molecule has 0 amide bonds. The molecule has 0 aromatic heterocycles. The van der Waals surface area contributed by atoms with Crippen molar-refractivity contribution in [1.29, 1.82) is 0 Å². The van der Waals surface area contributed by atoms with Gasteiger partial charge in [-0.15, -0.1) is 0 Å². The summed E-state index contributed by atoms with van der Waals surface area (Å²) in [4.78, 5) is 0. The van der Waals surface area contributed by atoms with E-state index in [0.717, 1.165) is 13.0 Å². The molecular formula is C8H17NO. The third kappa shape index (κ3) is 3.64. The van der Waals surface area contributed by atoms with Crippen LogP contribution in [0, 0.1) is 0 Å². The highest BCUT2D eigenvalue weighted by Gasteiger charge is 2.04. The first-order valence-corrected chi connectivity index (χ1v) is 3.54. The van der Waals surface area contributed by atoms with Crippen molar-refractivity contribution in [2.75, 3.05) is 20.8 Å². The Morgan fingerprint density at radius 1 is 1.70 bits per heavy atom. The van der Waals surface area contributed by atoms with Crippen molar-refractivity contribution in [1.82, 2.24) is 5.32 Å². The molecule has 0 aliphatic carbocycles. The Labute approximate surface area is 63.3 Å². The Hall–Kier alpha value is -0.340. The van der Waals surface area contributed by atoms with Gasteiger partial charge in [-0.25, -0.2) is 0 Å². The molecule has 0 radical (unpaired) electrons. The van der Waals surface area contributed by atoms with Gasteiger partial charge in [-0.3, -0.25) is 0 Å². The van der Waals surface area contributed by atoms with E-state index in [-0.39, 0.29) is 0 Å². The van der Waals surface area contributed by atoms with Gasteiger partial charge >= 0.3 is 0 Å². The molecule has 0 aromatic carbocycles. The molecule has 0 saturated carbocycles. The molecule has 60 valence electrons. The zero-order chi connectivity index (χ0) is 7.98. The molecule has 2 nitrogen and oxygen atoms in total. The van der Waals surface area contributed by atoms with Crippen LogP contribution in [0.25, 0.3) is 0 Å². The summed E-state index contributed by atoms with van der Waals surface area (Å²) in [6.45, 7) is 6.68. The van der Waals surface area contributed by atoms with Crippen molar-refractivity contribution < 1.29 is 4.74 Å². The van der Waals surface area contributed by atoms with E-state index in [1.54, 1.807) is 7.11 Å². The summed E-state index contributed by atoms with van der Waals surface area (Å²) in [7, 11) is 3.65. The van der Waals surface area contributed by atoms with Gasteiger partial charge in [0, 0.05) is 19.8 Å². The number of rotatable bonds is 5. The molecule has 1 unspecified atom stereocenters. The Morgan fingerprint density at radius 2 is 2.30 bits per heavy atom. The van der Waals surface area contributed by atoms with Crippen LogP contribution in [0.3, 0.4) is 0 Å². The third-order valence-electron chi connectivity index (χ3n) is 1.55. The number of ether oxygens (including phenoxy) is 1. The molecule has 2 heteroatoms. The summed E-state index contributed by atoms with van der Waals surface area (Å²) in [5.41, 5.74) is 1.17. The number of hydrogen-bond acceptors (Lipinski definition) is 2. The number of hydrogen-bond donors (Lipinski definition) is 1. The zero-order valence-electron chi connectivity index (χ0n) is 7.11. The lowest BCUT2D eigenvalue weighted by molar-refractivity contribution is 0.188. The maximum absolute atomic E-state index is 4.94. The molecule has 0 aliphatic rings. The average Bonchev–Trinajstić information content (AvgIpc) is 1.89. The van der Waals surface area contributed by atoms with Crippen LogP contribution in [0.5, 0.6) is 0 Å². The standard InChI is InChI=1S/C8H17NO/c1-7(2)8(9-3)5-6-10-4/h8-9H,1,5-6H2,2-4H3. The lowest BCUT2D eigenvalue weighted by atomic mass is 10.1. The molecule has 10 heavy (non-hydrogen) atoms. The monoisotopic (exact) mass is 143 g/mol. The fourth-order valence-electron chi connectivity index (χ4n) is 0.873. The number of likely N-dealkylation sites (N-methyl/N-ethyl adjacent to an activating group) is 1. The van der Waals surface area contributed by atoms with Crippen molar-refractivity contribution in [3.63, 3.8) is 0 Å². The molecule has 0 aromatic rings. The molecule has 1 N–H and O–H groups in total. The van der Waals surface area contributed by atoms with Crippen molar-refractivity contribution in [2.24, 2.45) is 0 Å². The van der Waals surface area contributed by atoms with Gasteiger partial charge < -0.3 is 10.1 Å². The SMILES string of the molecule is C=C(C)C(CCOC)NC. The second-order valence-electron chi connectivity index (χ2n) is 2.47. The highest BCUT2D eigenvalue weighted by atomic mass is 16.5. The Morgan fingerprint density at radius 3 is 2.60 bits per heavy atom. The molecule has 0 aliphatic heterocycles. The van der Waals surface area contributed by atoms with Gasteiger partial charge in [0.15, 0.2) is 0 Å². The predicted octanol–water partition coefficient (Wildman–Crippen LogP) is 1.19. The summed E-state index contributed by atoms with van der Waals surface area (Å²) < 4.78 is 4.94. The fraction of sp³-hybridized carbons (Fsp3) is 0.750. The van der Waals surface area contributed by atoms with E-state index in [2.05, 4.69) is 11.9 Å². The van der Waals surface area contributed by atoms with Gasteiger partial charge in [-0.1, -0.05) is 12.2 Å². The van der Waals surface area contributed by atoms with Gasteiger partial charge in [0.1, 0.15) is 0 Å². The van der Waals surface area contributed by atoms with Gasteiger partial charge in [0.05, 0.1) is 0 Å². The first-order valence-electron chi connectivity index (χ1n) is 3.54. The van der Waals surface area contributed by atoms with Crippen LogP contribution in [0.4, 0.5) is 0 Å². The summed E-state index contributed by atoms with van der Waals surface area (Å²) in [5, 5.41) is 3.16. The molecule has 0 bridgehead atoms. The summed E-state index contributed by atoms with van der Waals surface area (Å²) in [6, 6.07) is 0.403. The van der Waals surface area contributed by atoms with Crippen molar-refractivity contribution in [2.45, 2.75) is 19.4 Å². The van der Waals surface area contributed by atoms with Crippen LogP contribution in [0.2, 0.25) is 0 Å². The fourth-order valence-corrected chi connectivity index (χ4v) is 0.873. The molecule has 0 spiro atoms. The van der Waals surface area contributed by atoms with Gasteiger partial charge in [0.2, 0.25) is 0 Å². The topological polar surface area (TPSA) is 21.3 Å². The third-order valence-corrected chi connectivity index (χ3v) is 1.55. The molecule has 0 heterocycles. The van der Waals surface area contributed by atoms with E-state index in [1.165, 1.54) is 5.57 Å². The Kier molecular flexibility index (Phi) is 5.26. The van der Waals surface area contributed by atoms with Gasteiger partial charge in [0.25, 0.3) is 0 Å². The van der Waals surface area contributed by atoms with Crippen LogP contribution in [0.15, 0.2) is 12.2 Å². The average molecular weight is 143 g/mol. The van der Waals surface area contributed by atoms with Crippen LogP contribution in [-0.4, -0.2) is 26.8 Å². The first kappa shape index (κ1) is 9.66. The minimum atomic E-state index is 0.403. The molecule has 1 atom stereocenters. The highest BCUT2D eigenvalue weighted by Crippen LogP contribution is 2.01. The quantitative estimate of drug-likeness (QED) is 0.584. The number of methoxy groups -OCH3 is 1.